The molecule has 0 N–H and O–H groups in total. The third-order valence-electron chi connectivity index (χ3n) is 4.15. The predicted molar refractivity (Wildman–Crippen MR) is 109 cm³/mol. The molecule has 0 radical (unpaired) electrons. The van der Waals surface area contributed by atoms with Crippen molar-refractivity contribution >= 4 is 11.9 Å². The monoisotopic (exact) mass is 390 g/mol. The molecule has 0 saturated carbocycles. The third kappa shape index (κ3) is 5.94. The van der Waals surface area contributed by atoms with Crippen LogP contribution in [0.2, 0.25) is 0 Å². The summed E-state index contributed by atoms with van der Waals surface area (Å²) < 4.78 is 16.0. The summed E-state index contributed by atoms with van der Waals surface area (Å²) in [4.78, 5) is 24.4. The molecule has 29 heavy (non-hydrogen) atoms. The Morgan fingerprint density at radius 2 is 1.52 bits per heavy atom. The van der Waals surface area contributed by atoms with Crippen molar-refractivity contribution in [2.45, 2.75) is 13.3 Å². The Balaban J connectivity index is 1.53. The molecule has 5 heteroatoms. The minimum Gasteiger partial charge on any atom is -0.494 e. The third-order valence-corrected chi connectivity index (χ3v) is 4.15. The molecule has 3 aromatic rings. The molecule has 0 unspecified atom stereocenters. The average molecular weight is 390 g/mol. The second-order valence-electron chi connectivity index (χ2n) is 6.25. The van der Waals surface area contributed by atoms with Gasteiger partial charge >= 0.3 is 11.9 Å². The zero-order valence-electron chi connectivity index (χ0n) is 16.2. The van der Waals surface area contributed by atoms with Crippen molar-refractivity contribution < 1.29 is 23.8 Å². The van der Waals surface area contributed by atoms with Crippen molar-refractivity contribution in [2.24, 2.45) is 0 Å². The molecule has 0 atom stereocenters. The summed E-state index contributed by atoms with van der Waals surface area (Å²) in [5.74, 6) is 0.0427. The molecule has 3 rings (SSSR count). The SMILES string of the molecule is CCOc1cccc(C(=O)Oc2ccc(C(=O)OCCc3ccccc3)cc2)c1. The molecule has 3 aromatic carbocycles. The summed E-state index contributed by atoms with van der Waals surface area (Å²) in [5.41, 5.74) is 1.90. The first-order valence-electron chi connectivity index (χ1n) is 9.42. The van der Waals surface area contributed by atoms with Crippen LogP contribution in [0.1, 0.15) is 33.2 Å². The maximum atomic E-state index is 12.3. The fourth-order valence-electron chi connectivity index (χ4n) is 2.69. The summed E-state index contributed by atoms with van der Waals surface area (Å²) in [6.45, 7) is 2.69. The van der Waals surface area contributed by atoms with Crippen molar-refractivity contribution in [2.75, 3.05) is 13.2 Å². The highest BCUT2D eigenvalue weighted by Crippen LogP contribution is 2.18. The van der Waals surface area contributed by atoms with Gasteiger partial charge < -0.3 is 14.2 Å². The van der Waals surface area contributed by atoms with Crippen LogP contribution in [0.15, 0.2) is 78.9 Å². The first-order valence-corrected chi connectivity index (χ1v) is 9.42. The maximum Gasteiger partial charge on any atom is 0.343 e. The largest absolute Gasteiger partial charge is 0.494 e. The standard InChI is InChI=1S/C24H22O5/c1-2-27-22-10-6-9-20(17-22)24(26)29-21-13-11-19(12-14-21)23(25)28-16-15-18-7-4-3-5-8-18/h3-14,17H,2,15-16H2,1H3. The second-order valence-corrected chi connectivity index (χ2v) is 6.25. The van der Waals surface area contributed by atoms with Gasteiger partial charge in [0.05, 0.1) is 24.3 Å². The number of hydrogen-bond donors (Lipinski definition) is 0. The zero-order chi connectivity index (χ0) is 20.5. The molecule has 0 amide bonds. The molecule has 0 aliphatic rings. The topological polar surface area (TPSA) is 61.8 Å². The summed E-state index contributed by atoms with van der Waals surface area (Å²) >= 11 is 0. The van der Waals surface area contributed by atoms with E-state index in [1.807, 2.05) is 37.3 Å². The van der Waals surface area contributed by atoms with Crippen molar-refractivity contribution in [1.29, 1.82) is 0 Å². The van der Waals surface area contributed by atoms with E-state index >= 15 is 0 Å². The van der Waals surface area contributed by atoms with Crippen LogP contribution < -0.4 is 9.47 Å². The Morgan fingerprint density at radius 3 is 2.24 bits per heavy atom. The molecule has 0 heterocycles. The zero-order valence-corrected chi connectivity index (χ0v) is 16.2. The summed E-state index contributed by atoms with van der Waals surface area (Å²) in [6.07, 6.45) is 0.656. The highest BCUT2D eigenvalue weighted by molar-refractivity contribution is 5.92. The van der Waals surface area contributed by atoms with E-state index in [4.69, 9.17) is 14.2 Å². The lowest BCUT2D eigenvalue weighted by Gasteiger charge is -2.08. The van der Waals surface area contributed by atoms with E-state index in [0.717, 1.165) is 5.56 Å². The van der Waals surface area contributed by atoms with E-state index in [1.165, 1.54) is 0 Å². The van der Waals surface area contributed by atoms with E-state index in [0.29, 0.717) is 42.3 Å². The lowest BCUT2D eigenvalue weighted by Crippen LogP contribution is -2.10. The van der Waals surface area contributed by atoms with Crippen LogP contribution in [0.5, 0.6) is 11.5 Å². The van der Waals surface area contributed by atoms with Crippen molar-refractivity contribution in [3.8, 4) is 11.5 Å². The average Bonchev–Trinajstić information content (AvgIpc) is 2.75. The van der Waals surface area contributed by atoms with Crippen LogP contribution >= 0.6 is 0 Å². The number of hydrogen-bond acceptors (Lipinski definition) is 5. The van der Waals surface area contributed by atoms with Gasteiger partial charge in [0.15, 0.2) is 0 Å². The first-order chi connectivity index (χ1) is 14.2. The van der Waals surface area contributed by atoms with E-state index in [1.54, 1.807) is 48.5 Å². The highest BCUT2D eigenvalue weighted by atomic mass is 16.5. The van der Waals surface area contributed by atoms with Gasteiger partial charge in [0, 0.05) is 6.42 Å². The van der Waals surface area contributed by atoms with Gasteiger partial charge in [0.1, 0.15) is 11.5 Å². The number of carbonyl (C=O) groups excluding carboxylic acids is 2. The van der Waals surface area contributed by atoms with E-state index in [9.17, 15) is 9.59 Å². The quantitative estimate of drug-likeness (QED) is 0.412. The predicted octanol–water partition coefficient (Wildman–Crippen LogP) is 4.70. The number of rotatable bonds is 8. The van der Waals surface area contributed by atoms with E-state index < -0.39 is 11.9 Å². The summed E-state index contributed by atoms with van der Waals surface area (Å²) in [5, 5.41) is 0. The van der Waals surface area contributed by atoms with Crippen molar-refractivity contribution in [3.05, 3.63) is 95.6 Å². The minimum atomic E-state index is -0.496. The Hall–Kier alpha value is -3.60. The number of ether oxygens (including phenoxy) is 3. The summed E-state index contributed by atoms with van der Waals surface area (Å²) in [6, 6.07) is 22.9. The molecule has 0 aliphatic carbocycles. The van der Waals surface area contributed by atoms with Crippen LogP contribution in [-0.4, -0.2) is 25.2 Å². The molecule has 0 aliphatic heterocycles. The van der Waals surface area contributed by atoms with Gasteiger partial charge in [-0.1, -0.05) is 36.4 Å². The van der Waals surface area contributed by atoms with Crippen LogP contribution in [0.4, 0.5) is 0 Å². The first kappa shape index (κ1) is 20.1. The van der Waals surface area contributed by atoms with Gasteiger partial charge in [-0.15, -0.1) is 0 Å². The lowest BCUT2D eigenvalue weighted by atomic mass is 10.2. The Labute approximate surface area is 169 Å². The van der Waals surface area contributed by atoms with Crippen molar-refractivity contribution in [1.82, 2.24) is 0 Å². The summed E-state index contributed by atoms with van der Waals surface area (Å²) in [7, 11) is 0. The van der Waals surface area contributed by atoms with Gasteiger partial charge in [-0.2, -0.15) is 0 Å². The molecule has 148 valence electrons. The number of carbonyl (C=O) groups is 2. The smallest absolute Gasteiger partial charge is 0.343 e. The van der Waals surface area contributed by atoms with Gasteiger partial charge in [0.25, 0.3) is 0 Å². The molecule has 0 spiro atoms. The van der Waals surface area contributed by atoms with Crippen LogP contribution in [0.3, 0.4) is 0 Å². The molecule has 0 bridgehead atoms. The highest BCUT2D eigenvalue weighted by Gasteiger charge is 2.12. The molecule has 0 fully saturated rings. The Bertz CT molecular complexity index is 949. The van der Waals surface area contributed by atoms with E-state index in [2.05, 4.69) is 0 Å². The van der Waals surface area contributed by atoms with Gasteiger partial charge in [-0.3, -0.25) is 0 Å². The van der Waals surface area contributed by atoms with Gasteiger partial charge in [-0.05, 0) is 55.0 Å². The molecule has 0 aromatic heterocycles. The molecule has 5 nitrogen and oxygen atoms in total. The van der Waals surface area contributed by atoms with Crippen molar-refractivity contribution in [3.63, 3.8) is 0 Å². The maximum absolute atomic E-state index is 12.3. The second kappa shape index (κ2) is 10.1. The lowest BCUT2D eigenvalue weighted by molar-refractivity contribution is 0.0509. The number of esters is 2. The fourth-order valence-corrected chi connectivity index (χ4v) is 2.69. The minimum absolute atomic E-state index is 0.301. The van der Waals surface area contributed by atoms with Gasteiger partial charge in [-0.25, -0.2) is 9.59 Å². The Morgan fingerprint density at radius 1 is 0.759 bits per heavy atom. The molecule has 0 saturated heterocycles. The van der Waals surface area contributed by atoms with Crippen LogP contribution in [0.25, 0.3) is 0 Å². The number of benzene rings is 3. The van der Waals surface area contributed by atoms with Crippen LogP contribution in [-0.2, 0) is 11.2 Å². The molecular weight excluding hydrogens is 368 g/mol. The van der Waals surface area contributed by atoms with E-state index in [-0.39, 0.29) is 0 Å². The van der Waals surface area contributed by atoms with Gasteiger partial charge in [0.2, 0.25) is 0 Å². The normalized spacial score (nSPS) is 10.2. The van der Waals surface area contributed by atoms with Crippen LogP contribution in [0, 0.1) is 0 Å². The Kier molecular flexibility index (Phi) is 7.00. The molecular formula is C24H22O5. The fraction of sp³-hybridized carbons (Fsp3) is 0.167.